The van der Waals surface area contributed by atoms with Crippen LogP contribution in [-0.2, 0) is 11.3 Å². The molecule has 0 aliphatic carbocycles. The van der Waals surface area contributed by atoms with Crippen molar-refractivity contribution in [2.45, 2.75) is 6.61 Å². The van der Waals surface area contributed by atoms with Gasteiger partial charge >= 0.3 is 0 Å². The van der Waals surface area contributed by atoms with E-state index in [2.05, 4.69) is 4.98 Å². The molecular formula is C14H13ClN2O3S. The summed E-state index contributed by atoms with van der Waals surface area (Å²) in [5.41, 5.74) is 1.10. The molecule has 110 valence electrons. The number of anilines is 1. The number of para-hydroxylation sites is 1. The predicted molar refractivity (Wildman–Crippen MR) is 81.5 cm³/mol. The molecule has 1 aliphatic heterocycles. The van der Waals surface area contributed by atoms with Gasteiger partial charge < -0.3 is 14.4 Å². The number of carbonyl (C=O) groups excluding carboxylic acids is 1. The van der Waals surface area contributed by atoms with Crippen LogP contribution in [0.3, 0.4) is 0 Å². The lowest BCUT2D eigenvalue weighted by Gasteiger charge is -2.29. The van der Waals surface area contributed by atoms with Gasteiger partial charge in [-0.1, -0.05) is 17.7 Å². The molecule has 1 aromatic heterocycles. The minimum Gasteiger partial charge on any atom is -0.488 e. The normalized spacial score (nSPS) is 13.7. The minimum atomic E-state index is -0.152. The Hall–Kier alpha value is -1.63. The number of nitrogens with zero attached hydrogens (tertiary/aromatic N) is 2. The van der Waals surface area contributed by atoms with E-state index in [9.17, 15) is 4.79 Å². The monoisotopic (exact) mass is 324 g/mol. The van der Waals surface area contributed by atoms with Crippen LogP contribution in [0.15, 0.2) is 23.6 Å². The Kier molecular flexibility index (Phi) is 4.10. The Morgan fingerprint density at radius 1 is 1.57 bits per heavy atom. The van der Waals surface area contributed by atoms with Gasteiger partial charge in [-0.15, -0.1) is 11.3 Å². The van der Waals surface area contributed by atoms with E-state index in [1.165, 1.54) is 11.3 Å². The minimum absolute atomic E-state index is 0.152. The number of fused-ring (bicyclic) bond motifs is 1. The fraction of sp³-hybridized carbons (Fsp3) is 0.286. The first-order valence-electron chi connectivity index (χ1n) is 6.37. The molecule has 5 nitrogen and oxygen atoms in total. The van der Waals surface area contributed by atoms with Gasteiger partial charge in [0.25, 0.3) is 5.91 Å². The van der Waals surface area contributed by atoms with Crippen molar-refractivity contribution in [3.63, 3.8) is 0 Å². The predicted octanol–water partition coefficient (Wildman–Crippen LogP) is 2.98. The first-order chi connectivity index (χ1) is 10.2. The standard InChI is InChI=1S/C14H13ClN2O3S/c1-19-7-12-16-10(8-21-12)14(18)17-5-6-20-13-9(15)3-2-4-11(13)17/h2-4,8H,5-7H2,1H3. The van der Waals surface area contributed by atoms with E-state index in [0.717, 1.165) is 5.01 Å². The first kappa shape index (κ1) is 14.3. The summed E-state index contributed by atoms with van der Waals surface area (Å²) in [5, 5.41) is 3.03. The van der Waals surface area contributed by atoms with Gasteiger partial charge in [0.1, 0.15) is 17.3 Å². The molecular weight excluding hydrogens is 312 g/mol. The maximum atomic E-state index is 12.6. The van der Waals surface area contributed by atoms with Crippen molar-refractivity contribution in [2.75, 3.05) is 25.2 Å². The molecule has 0 saturated carbocycles. The number of hydrogen-bond donors (Lipinski definition) is 0. The van der Waals surface area contributed by atoms with Crippen molar-refractivity contribution in [1.82, 2.24) is 4.98 Å². The molecule has 1 amide bonds. The number of rotatable bonds is 3. The summed E-state index contributed by atoms with van der Waals surface area (Å²) in [6.07, 6.45) is 0. The zero-order valence-electron chi connectivity index (χ0n) is 11.3. The fourth-order valence-electron chi connectivity index (χ4n) is 2.16. The summed E-state index contributed by atoms with van der Waals surface area (Å²) >= 11 is 7.52. The van der Waals surface area contributed by atoms with Crippen LogP contribution < -0.4 is 9.64 Å². The number of carbonyl (C=O) groups is 1. The first-order valence-corrected chi connectivity index (χ1v) is 7.63. The Morgan fingerprint density at radius 3 is 3.24 bits per heavy atom. The van der Waals surface area contributed by atoms with Crippen LogP contribution in [0.1, 0.15) is 15.5 Å². The van der Waals surface area contributed by atoms with Crippen LogP contribution in [0.5, 0.6) is 5.75 Å². The highest BCUT2D eigenvalue weighted by molar-refractivity contribution is 7.09. The average molecular weight is 325 g/mol. The van der Waals surface area contributed by atoms with E-state index >= 15 is 0 Å². The third-order valence-corrected chi connectivity index (χ3v) is 4.20. The maximum absolute atomic E-state index is 12.6. The molecule has 0 radical (unpaired) electrons. The average Bonchev–Trinajstić information content (AvgIpc) is 2.96. The number of amides is 1. The third kappa shape index (κ3) is 2.74. The molecule has 0 fully saturated rings. The molecule has 0 unspecified atom stereocenters. The van der Waals surface area contributed by atoms with Gasteiger partial charge in [0.15, 0.2) is 5.75 Å². The summed E-state index contributed by atoms with van der Waals surface area (Å²) in [7, 11) is 1.60. The third-order valence-electron chi connectivity index (χ3n) is 3.08. The largest absolute Gasteiger partial charge is 0.488 e. The van der Waals surface area contributed by atoms with Gasteiger partial charge in [0, 0.05) is 12.5 Å². The zero-order chi connectivity index (χ0) is 14.8. The molecule has 0 bridgehead atoms. The van der Waals surface area contributed by atoms with Crippen LogP contribution >= 0.6 is 22.9 Å². The molecule has 2 aromatic rings. The van der Waals surface area contributed by atoms with Gasteiger partial charge in [-0.3, -0.25) is 4.79 Å². The second kappa shape index (κ2) is 6.01. The van der Waals surface area contributed by atoms with Crippen molar-refractivity contribution >= 4 is 34.5 Å². The fourth-order valence-corrected chi connectivity index (χ4v) is 3.12. The summed E-state index contributed by atoms with van der Waals surface area (Å²) < 4.78 is 10.6. The van der Waals surface area contributed by atoms with Crippen LogP contribution in [0.25, 0.3) is 0 Å². The molecule has 3 rings (SSSR count). The number of hydrogen-bond acceptors (Lipinski definition) is 5. The van der Waals surface area contributed by atoms with Crippen molar-refractivity contribution in [3.05, 3.63) is 39.3 Å². The lowest BCUT2D eigenvalue weighted by atomic mass is 10.2. The second-order valence-electron chi connectivity index (χ2n) is 4.45. The van der Waals surface area contributed by atoms with Crippen LogP contribution in [0, 0.1) is 0 Å². The van der Waals surface area contributed by atoms with E-state index in [1.54, 1.807) is 29.5 Å². The van der Waals surface area contributed by atoms with Crippen molar-refractivity contribution in [3.8, 4) is 5.75 Å². The summed E-state index contributed by atoms with van der Waals surface area (Å²) in [5.74, 6) is 0.395. The molecule has 7 heteroatoms. The Bertz CT molecular complexity index is 674. The van der Waals surface area contributed by atoms with Crippen molar-refractivity contribution in [1.29, 1.82) is 0 Å². The number of benzene rings is 1. The molecule has 21 heavy (non-hydrogen) atoms. The van der Waals surface area contributed by atoms with Crippen molar-refractivity contribution in [2.24, 2.45) is 0 Å². The smallest absolute Gasteiger partial charge is 0.277 e. The van der Waals surface area contributed by atoms with Crippen molar-refractivity contribution < 1.29 is 14.3 Å². The molecule has 0 spiro atoms. The quantitative estimate of drug-likeness (QED) is 0.871. The van der Waals surface area contributed by atoms with Gasteiger partial charge in [0.05, 0.1) is 23.9 Å². The molecule has 2 heterocycles. The number of halogens is 1. The lowest BCUT2D eigenvalue weighted by Crippen LogP contribution is -2.38. The number of thiazole rings is 1. The SMILES string of the molecule is COCc1nc(C(=O)N2CCOc3c(Cl)cccc32)cs1. The molecule has 1 aromatic carbocycles. The van der Waals surface area contributed by atoms with Crippen LogP contribution in [-0.4, -0.2) is 31.2 Å². The molecule has 0 atom stereocenters. The van der Waals surface area contributed by atoms with Gasteiger partial charge in [-0.05, 0) is 12.1 Å². The highest BCUT2D eigenvalue weighted by Gasteiger charge is 2.27. The zero-order valence-corrected chi connectivity index (χ0v) is 12.9. The summed E-state index contributed by atoms with van der Waals surface area (Å²) in [6, 6.07) is 5.36. The highest BCUT2D eigenvalue weighted by atomic mass is 35.5. The Morgan fingerprint density at radius 2 is 2.43 bits per heavy atom. The highest BCUT2D eigenvalue weighted by Crippen LogP contribution is 2.38. The van der Waals surface area contributed by atoms with E-state index in [-0.39, 0.29) is 5.91 Å². The summed E-state index contributed by atoms with van der Waals surface area (Å²) in [6.45, 7) is 1.30. The van der Waals surface area contributed by atoms with E-state index in [0.29, 0.717) is 41.9 Å². The van der Waals surface area contributed by atoms with E-state index in [1.807, 2.05) is 6.07 Å². The lowest BCUT2D eigenvalue weighted by molar-refractivity contribution is 0.0972. The van der Waals surface area contributed by atoms with E-state index in [4.69, 9.17) is 21.1 Å². The molecule has 1 aliphatic rings. The van der Waals surface area contributed by atoms with Gasteiger partial charge in [-0.2, -0.15) is 0 Å². The second-order valence-corrected chi connectivity index (χ2v) is 5.80. The van der Waals surface area contributed by atoms with Gasteiger partial charge in [0.2, 0.25) is 0 Å². The number of aromatic nitrogens is 1. The Labute approximate surface area is 131 Å². The number of ether oxygens (including phenoxy) is 2. The topological polar surface area (TPSA) is 51.7 Å². The number of methoxy groups -OCH3 is 1. The van der Waals surface area contributed by atoms with Gasteiger partial charge in [-0.25, -0.2) is 4.98 Å². The molecule has 0 saturated heterocycles. The van der Waals surface area contributed by atoms with Crippen LogP contribution in [0.2, 0.25) is 5.02 Å². The van der Waals surface area contributed by atoms with Crippen LogP contribution in [0.4, 0.5) is 5.69 Å². The maximum Gasteiger partial charge on any atom is 0.277 e. The summed E-state index contributed by atoms with van der Waals surface area (Å²) in [4.78, 5) is 18.6. The Balaban J connectivity index is 1.91. The molecule has 0 N–H and O–H groups in total. The van der Waals surface area contributed by atoms with E-state index < -0.39 is 0 Å².